The molecule has 292 valence electrons. The number of hydrogen-bond acceptors (Lipinski definition) is 10. The van der Waals surface area contributed by atoms with Crippen LogP contribution < -0.4 is 43.8 Å². The summed E-state index contributed by atoms with van der Waals surface area (Å²) >= 11 is 0. The molecule has 1 rings (SSSR count). The van der Waals surface area contributed by atoms with Gasteiger partial charge in [-0.1, -0.05) is 38.1 Å². The van der Waals surface area contributed by atoms with Crippen LogP contribution in [0.25, 0.3) is 0 Å². The lowest BCUT2D eigenvalue weighted by atomic mass is 10.0. The molecule has 1 aromatic carbocycles. The number of carboxylic acids is 1. The van der Waals surface area contributed by atoms with E-state index in [1.165, 1.54) is 19.1 Å². The molecule has 0 unspecified atom stereocenters. The number of amides is 5. The molecule has 52 heavy (non-hydrogen) atoms. The van der Waals surface area contributed by atoms with E-state index >= 15 is 0 Å². The molecule has 0 saturated carbocycles. The van der Waals surface area contributed by atoms with Crippen LogP contribution in [-0.4, -0.2) is 95.1 Å². The van der Waals surface area contributed by atoms with Gasteiger partial charge in [-0.3, -0.25) is 24.0 Å². The van der Waals surface area contributed by atoms with Crippen LogP contribution in [-0.2, 0) is 35.2 Å². The standard InChI is InChI=1S/C36H60N8O8/c1-5-6-11-26(34(49)43-29(21-24-14-16-25(45)17-15-24)35(50)44-30(36(51)52)20-22(2)3)41-33(48)28(13-8-10-19-38)42-32(47)27(12-7-9-18-37)40-31(46)23(4)39/h5-6,14-17,22-23,26-30,45H,7-13,18-21,37-39H2,1-4H3,(H,40,46)(H,41,48)(H,42,47)(H,43,49)(H,44,50)(H,51,52)/b6-5+/t23-,26-,27-,28-,29+,30+/m0/s1. The predicted molar refractivity (Wildman–Crippen MR) is 197 cm³/mol. The van der Waals surface area contributed by atoms with E-state index in [-0.39, 0.29) is 43.8 Å². The Kier molecular flexibility index (Phi) is 21.5. The minimum absolute atomic E-state index is 0.00269. The molecule has 0 radical (unpaired) electrons. The van der Waals surface area contributed by atoms with Crippen LogP contribution in [0, 0.1) is 5.92 Å². The zero-order valence-corrected chi connectivity index (χ0v) is 30.9. The van der Waals surface area contributed by atoms with Crippen molar-refractivity contribution in [3.63, 3.8) is 0 Å². The number of benzene rings is 1. The molecule has 0 saturated heterocycles. The lowest BCUT2D eigenvalue weighted by Gasteiger charge is -2.27. The molecule has 0 spiro atoms. The number of nitrogens with one attached hydrogen (secondary N) is 5. The summed E-state index contributed by atoms with van der Waals surface area (Å²) in [6, 6.07) is -0.640. The minimum atomic E-state index is -1.25. The van der Waals surface area contributed by atoms with Crippen LogP contribution in [0.4, 0.5) is 0 Å². The normalized spacial score (nSPS) is 14.8. The van der Waals surface area contributed by atoms with E-state index in [2.05, 4.69) is 26.6 Å². The van der Waals surface area contributed by atoms with E-state index in [9.17, 15) is 39.0 Å². The van der Waals surface area contributed by atoms with Gasteiger partial charge in [-0.2, -0.15) is 0 Å². The number of phenolic OH excluding ortho intramolecular Hbond substituents is 1. The van der Waals surface area contributed by atoms with E-state index in [4.69, 9.17) is 17.2 Å². The van der Waals surface area contributed by atoms with E-state index in [0.717, 1.165) is 0 Å². The molecular formula is C36H60N8O8. The molecule has 0 aliphatic carbocycles. The highest BCUT2D eigenvalue weighted by molar-refractivity contribution is 5.96. The Hall–Kier alpha value is -4.54. The van der Waals surface area contributed by atoms with E-state index < -0.39 is 71.8 Å². The van der Waals surface area contributed by atoms with Crippen molar-refractivity contribution in [2.45, 2.75) is 122 Å². The van der Waals surface area contributed by atoms with E-state index in [1.54, 1.807) is 31.2 Å². The third kappa shape index (κ3) is 17.6. The maximum Gasteiger partial charge on any atom is 0.326 e. The second-order valence-electron chi connectivity index (χ2n) is 13.3. The highest BCUT2D eigenvalue weighted by Crippen LogP contribution is 2.13. The lowest BCUT2D eigenvalue weighted by molar-refractivity contribution is -0.142. The number of carboxylic acid groups (broad SMARTS) is 1. The molecule has 0 bridgehead atoms. The number of aliphatic carboxylic acids is 1. The first-order valence-corrected chi connectivity index (χ1v) is 17.9. The maximum absolute atomic E-state index is 13.8. The lowest BCUT2D eigenvalue weighted by Crippen LogP contribution is -2.59. The highest BCUT2D eigenvalue weighted by Gasteiger charge is 2.32. The number of carbonyl (C=O) groups is 6. The molecule has 6 atom stereocenters. The van der Waals surface area contributed by atoms with Gasteiger partial charge in [-0.05, 0) is 102 Å². The SMILES string of the molecule is C/C=C/C[C@H](NC(=O)[C@H](CCCCN)NC(=O)[C@H](CCCCN)NC(=O)[C@H](C)N)C(=O)N[C@H](Cc1ccc(O)cc1)C(=O)N[C@H](CC(C)C)C(=O)O. The Morgan fingerprint density at radius 1 is 0.673 bits per heavy atom. The Morgan fingerprint density at radius 2 is 1.12 bits per heavy atom. The van der Waals surface area contributed by atoms with Crippen molar-refractivity contribution in [3.8, 4) is 5.75 Å². The molecule has 0 aliphatic rings. The van der Waals surface area contributed by atoms with Gasteiger partial charge in [0, 0.05) is 6.42 Å². The van der Waals surface area contributed by atoms with E-state index in [1.807, 2.05) is 13.8 Å². The smallest absolute Gasteiger partial charge is 0.326 e. The van der Waals surface area contributed by atoms with Gasteiger partial charge in [-0.15, -0.1) is 0 Å². The molecular weight excluding hydrogens is 672 g/mol. The number of phenols is 1. The molecule has 1 aromatic rings. The molecule has 16 nitrogen and oxygen atoms in total. The first-order valence-electron chi connectivity index (χ1n) is 17.9. The quantitative estimate of drug-likeness (QED) is 0.0474. The fourth-order valence-electron chi connectivity index (χ4n) is 5.19. The zero-order chi connectivity index (χ0) is 39.2. The second-order valence-corrected chi connectivity index (χ2v) is 13.3. The molecule has 0 aliphatic heterocycles. The van der Waals surface area contributed by atoms with Gasteiger partial charge in [-0.25, -0.2) is 4.79 Å². The summed E-state index contributed by atoms with van der Waals surface area (Å²) in [7, 11) is 0. The van der Waals surface area contributed by atoms with Gasteiger partial charge >= 0.3 is 5.97 Å². The first kappa shape index (κ1) is 45.5. The topological polar surface area (TPSA) is 281 Å². The van der Waals surface area contributed by atoms with Crippen molar-refractivity contribution in [2.24, 2.45) is 23.1 Å². The van der Waals surface area contributed by atoms with Gasteiger partial charge in [0.1, 0.15) is 36.0 Å². The summed E-state index contributed by atoms with van der Waals surface area (Å²) in [6.07, 6.45) is 6.10. The second kappa shape index (κ2) is 24.6. The van der Waals surface area contributed by atoms with Crippen LogP contribution in [0.3, 0.4) is 0 Å². The number of aromatic hydroxyl groups is 1. The van der Waals surface area contributed by atoms with Crippen molar-refractivity contribution in [1.29, 1.82) is 0 Å². The Labute approximate surface area is 306 Å². The number of carbonyl (C=O) groups excluding carboxylic acids is 5. The van der Waals surface area contributed by atoms with Crippen LogP contribution in [0.15, 0.2) is 36.4 Å². The highest BCUT2D eigenvalue weighted by atomic mass is 16.4. The average molecular weight is 733 g/mol. The average Bonchev–Trinajstić information content (AvgIpc) is 3.08. The zero-order valence-electron chi connectivity index (χ0n) is 30.9. The number of hydrogen-bond donors (Lipinski definition) is 10. The Bertz CT molecular complexity index is 1320. The first-order chi connectivity index (χ1) is 24.6. The van der Waals surface area contributed by atoms with Gasteiger partial charge in [0.25, 0.3) is 0 Å². The molecule has 0 fully saturated rings. The van der Waals surface area contributed by atoms with Gasteiger partial charge in [0.15, 0.2) is 0 Å². The summed E-state index contributed by atoms with van der Waals surface area (Å²) in [5.74, 6) is -4.56. The Balaban J connectivity index is 3.35. The van der Waals surface area contributed by atoms with E-state index in [0.29, 0.717) is 44.3 Å². The molecule has 13 N–H and O–H groups in total. The predicted octanol–water partition coefficient (Wildman–Crippen LogP) is 0.0608. The van der Waals surface area contributed by atoms with Crippen molar-refractivity contribution in [3.05, 3.63) is 42.0 Å². The van der Waals surface area contributed by atoms with Gasteiger partial charge in [0.2, 0.25) is 29.5 Å². The summed E-state index contributed by atoms with van der Waals surface area (Å²) in [4.78, 5) is 78.9. The largest absolute Gasteiger partial charge is 0.508 e. The third-order valence-corrected chi connectivity index (χ3v) is 8.14. The maximum atomic E-state index is 13.8. The van der Waals surface area contributed by atoms with Crippen molar-refractivity contribution < 1.29 is 39.0 Å². The third-order valence-electron chi connectivity index (χ3n) is 8.14. The van der Waals surface area contributed by atoms with Gasteiger partial charge in [0.05, 0.1) is 6.04 Å². The van der Waals surface area contributed by atoms with Crippen LogP contribution in [0.5, 0.6) is 5.75 Å². The number of rotatable bonds is 25. The van der Waals surface area contributed by atoms with Crippen molar-refractivity contribution >= 4 is 35.5 Å². The Morgan fingerprint density at radius 3 is 1.58 bits per heavy atom. The van der Waals surface area contributed by atoms with Crippen LogP contribution in [0.1, 0.15) is 84.6 Å². The van der Waals surface area contributed by atoms with Crippen molar-refractivity contribution in [1.82, 2.24) is 26.6 Å². The fourth-order valence-corrected chi connectivity index (χ4v) is 5.19. The number of unbranched alkanes of at least 4 members (excludes halogenated alkanes) is 2. The molecule has 5 amide bonds. The molecule has 0 heterocycles. The number of nitrogens with two attached hydrogens (primary N) is 3. The van der Waals surface area contributed by atoms with Crippen molar-refractivity contribution in [2.75, 3.05) is 13.1 Å². The monoisotopic (exact) mass is 732 g/mol. The minimum Gasteiger partial charge on any atom is -0.508 e. The summed E-state index contributed by atoms with van der Waals surface area (Å²) < 4.78 is 0. The molecule has 16 heteroatoms. The van der Waals surface area contributed by atoms with Crippen LogP contribution in [0.2, 0.25) is 0 Å². The summed E-state index contributed by atoms with van der Waals surface area (Å²) in [6.45, 7) is 7.59. The fraction of sp³-hybridized carbons (Fsp3) is 0.611. The summed E-state index contributed by atoms with van der Waals surface area (Å²) in [5, 5.41) is 32.7. The molecule has 0 aromatic heterocycles. The summed E-state index contributed by atoms with van der Waals surface area (Å²) in [5.41, 5.74) is 17.6. The van der Waals surface area contributed by atoms with Crippen LogP contribution >= 0.6 is 0 Å². The number of allylic oxidation sites excluding steroid dienone is 1. The van der Waals surface area contributed by atoms with Gasteiger partial charge < -0.3 is 54.0 Å².